The highest BCUT2D eigenvalue weighted by molar-refractivity contribution is 6.66. The highest BCUT2D eigenvalue weighted by Gasteiger charge is 2.33. The van der Waals surface area contributed by atoms with Crippen LogP contribution in [0.5, 0.6) is 5.75 Å². The molecule has 1 aliphatic heterocycles. The van der Waals surface area contributed by atoms with Gasteiger partial charge in [0.05, 0.1) is 6.61 Å². The Labute approximate surface area is 320 Å². The first-order valence-electron chi connectivity index (χ1n) is 19.2. The molecule has 1 heterocycles. The number of aliphatic imine (C=N–C) groups is 1. The normalized spacial score (nSPS) is 14.2. The number of benzene rings is 1. The lowest BCUT2D eigenvalue weighted by Crippen LogP contribution is -2.56. The number of ether oxygens (including phenoxy) is 1. The summed E-state index contributed by atoms with van der Waals surface area (Å²) in [7, 11) is -4.19. The summed E-state index contributed by atoms with van der Waals surface area (Å²) in [6.07, 6.45) is 7.76. The molecule has 1 aromatic rings. The van der Waals surface area contributed by atoms with Crippen LogP contribution in [0.4, 0.5) is 0 Å². The number of guanidine groups is 2. The molecular weight excluding hydrogens is 673 g/mol. The average Bonchev–Trinajstić information content (AvgIpc) is 3.08. The maximum atomic E-state index is 10.8. The van der Waals surface area contributed by atoms with Gasteiger partial charge in [-0.1, -0.05) is 39.5 Å². The summed E-state index contributed by atoms with van der Waals surface area (Å²) in [5, 5.41) is 57.5. The van der Waals surface area contributed by atoms with E-state index in [-0.39, 0.29) is 12.8 Å². The van der Waals surface area contributed by atoms with Crippen molar-refractivity contribution in [1.29, 1.82) is 0 Å². The maximum Gasteiger partial charge on any atom is 0.431 e. The number of unbranched alkanes of at least 4 members (excludes halogenated alkanes) is 6. The van der Waals surface area contributed by atoms with E-state index in [2.05, 4.69) is 34.2 Å². The van der Waals surface area contributed by atoms with Gasteiger partial charge in [-0.05, 0) is 84.1 Å². The fourth-order valence-corrected chi connectivity index (χ4v) is 5.99. The topological polar surface area (TPSA) is 198 Å². The molecule has 21 heteroatoms. The molecule has 0 aromatic heterocycles. The van der Waals surface area contributed by atoms with Gasteiger partial charge >= 0.3 is 42.7 Å². The van der Waals surface area contributed by atoms with Crippen LogP contribution < -0.4 is 15.3 Å². The zero-order valence-electron chi connectivity index (χ0n) is 33.1. The van der Waals surface area contributed by atoms with Gasteiger partial charge in [-0.25, -0.2) is 0 Å². The SMILES string of the molecule is CB(O)/N=C(\N(CCCCCCCCN/C(=N\BC=O)NB(C)O)B(C)O)N(CCCCOc1ccc(C2=NCC(C)(C)CN2B(C)O)cc1)B(C)O. The van der Waals surface area contributed by atoms with Crippen molar-refractivity contribution >= 4 is 66.6 Å². The number of nitrogens with one attached hydrogen (secondary N) is 2. The Bertz CT molecular complexity index is 1290. The summed E-state index contributed by atoms with van der Waals surface area (Å²) in [5.41, 5.74) is 0.921. The van der Waals surface area contributed by atoms with Crippen LogP contribution in [0.25, 0.3) is 0 Å². The lowest BCUT2D eigenvalue weighted by atomic mass is 9.78. The van der Waals surface area contributed by atoms with Crippen molar-refractivity contribution in [2.45, 2.75) is 99.3 Å². The van der Waals surface area contributed by atoms with Crippen LogP contribution >= 0.6 is 0 Å². The average molecular weight is 736 g/mol. The fourth-order valence-electron chi connectivity index (χ4n) is 5.99. The number of amidine groups is 1. The van der Waals surface area contributed by atoms with Crippen molar-refractivity contribution in [2.75, 3.05) is 39.3 Å². The molecule has 0 amide bonds. The Balaban J connectivity index is 1.85. The zero-order chi connectivity index (χ0) is 39.4. The summed E-state index contributed by atoms with van der Waals surface area (Å²) in [4.78, 5) is 29.2. The fraction of sp³-hybridized carbons (Fsp3) is 0.688. The van der Waals surface area contributed by atoms with Gasteiger partial charge < -0.3 is 64.5 Å². The lowest BCUT2D eigenvalue weighted by Gasteiger charge is -2.39. The highest BCUT2D eigenvalue weighted by atomic mass is 16.5. The van der Waals surface area contributed by atoms with Crippen molar-refractivity contribution in [3.8, 4) is 5.75 Å². The van der Waals surface area contributed by atoms with E-state index in [1.165, 1.54) is 0 Å². The molecule has 290 valence electrons. The molecule has 0 atom stereocenters. The minimum absolute atomic E-state index is 0.00779. The second-order valence-corrected chi connectivity index (χ2v) is 14.6. The Morgan fingerprint density at radius 3 is 2.06 bits per heavy atom. The molecule has 15 nitrogen and oxygen atoms in total. The predicted octanol–water partition coefficient (Wildman–Crippen LogP) is 0.863. The molecule has 1 aliphatic rings. The van der Waals surface area contributed by atoms with Crippen LogP contribution in [0.3, 0.4) is 0 Å². The van der Waals surface area contributed by atoms with Crippen molar-refractivity contribution in [3.05, 3.63) is 29.8 Å². The number of rotatable bonds is 23. The third-order valence-electron chi connectivity index (χ3n) is 8.66. The van der Waals surface area contributed by atoms with E-state index < -0.39 is 35.3 Å². The first kappa shape index (κ1) is 46.0. The summed E-state index contributed by atoms with van der Waals surface area (Å²) in [5.74, 6) is 2.27. The number of hydrogen-bond donors (Lipinski definition) is 7. The van der Waals surface area contributed by atoms with E-state index in [0.717, 1.165) is 62.2 Å². The minimum atomic E-state index is -1.02. The smallest absolute Gasteiger partial charge is 0.431 e. The zero-order valence-corrected chi connectivity index (χ0v) is 33.1. The highest BCUT2D eigenvalue weighted by Crippen LogP contribution is 2.26. The number of nitrogens with zero attached hydrogens (tertiary/aromatic N) is 6. The first-order valence-corrected chi connectivity index (χ1v) is 19.2. The van der Waals surface area contributed by atoms with E-state index >= 15 is 0 Å². The third kappa shape index (κ3) is 17.7. The minimum Gasteiger partial charge on any atom is -0.494 e. The van der Waals surface area contributed by atoms with Crippen LogP contribution in [0.15, 0.2) is 39.1 Å². The summed E-state index contributed by atoms with van der Waals surface area (Å²) >= 11 is 0. The molecule has 0 bridgehead atoms. The Hall–Kier alpha value is -3.11. The van der Waals surface area contributed by atoms with Gasteiger partial charge in [0, 0.05) is 43.7 Å². The van der Waals surface area contributed by atoms with Crippen LogP contribution in [0.1, 0.15) is 70.8 Å². The first-order chi connectivity index (χ1) is 25.1. The van der Waals surface area contributed by atoms with E-state index in [0.29, 0.717) is 63.7 Å². The van der Waals surface area contributed by atoms with Crippen molar-refractivity contribution in [3.63, 3.8) is 0 Å². The van der Waals surface area contributed by atoms with E-state index in [1.54, 1.807) is 43.7 Å². The van der Waals surface area contributed by atoms with E-state index in [4.69, 9.17) is 9.73 Å². The van der Waals surface area contributed by atoms with Crippen LogP contribution in [-0.2, 0) is 4.79 Å². The van der Waals surface area contributed by atoms with E-state index in [1.807, 2.05) is 29.1 Å². The van der Waals surface area contributed by atoms with Gasteiger partial charge in [-0.3, -0.25) is 9.90 Å². The summed E-state index contributed by atoms with van der Waals surface area (Å²) in [6.45, 7) is 16.0. The van der Waals surface area contributed by atoms with Gasteiger partial charge in [0.25, 0.3) is 0 Å². The molecule has 2 rings (SSSR count). The molecule has 0 spiro atoms. The van der Waals surface area contributed by atoms with E-state index in [9.17, 15) is 29.9 Å². The quantitative estimate of drug-likeness (QED) is 0.0276. The molecule has 0 radical (unpaired) electrons. The lowest BCUT2D eigenvalue weighted by molar-refractivity contribution is 0.285. The second-order valence-electron chi connectivity index (χ2n) is 14.6. The number of hydrogen-bond acceptors (Lipinski definition) is 11. The molecule has 7 N–H and O–H groups in total. The number of carbonyl (C=O) groups is 1. The molecule has 0 unspecified atom stereocenters. The molecule has 53 heavy (non-hydrogen) atoms. The second kappa shape index (κ2) is 24.3. The van der Waals surface area contributed by atoms with Gasteiger partial charge in [-0.2, -0.15) is 0 Å². The monoisotopic (exact) mass is 737 g/mol. The Kier molecular flexibility index (Phi) is 21.1. The molecular formula is C32H62B6N8O7. The molecule has 1 aromatic carbocycles. The number of carbonyl (C=O) groups excluding carboxylic acids is 1. The summed E-state index contributed by atoms with van der Waals surface area (Å²) < 4.78 is 6.02. The Morgan fingerprint density at radius 2 is 1.51 bits per heavy atom. The largest absolute Gasteiger partial charge is 0.494 e. The third-order valence-corrected chi connectivity index (χ3v) is 8.66. The standard InChI is InChI=1S/C32H62B6N8O7/c1-32(2)24-40-29(46(25-32)38(7)52)27-16-18-28(19-17-27)53-23-15-14-22-45(37(6)51)31(43-35(4)49)44(36(5)50)21-13-11-9-8-10-12-20-39-30(41-33-26-47)42-34(3)48/h16-19,26,33,48-52H,8-15,20-25H2,1-7H3,(H2,39,41,42)/b43-31+. The van der Waals surface area contributed by atoms with Crippen molar-refractivity contribution in [1.82, 2.24) is 25.0 Å². The van der Waals surface area contributed by atoms with Gasteiger partial charge in [-0.15, -0.1) is 0 Å². The predicted molar refractivity (Wildman–Crippen MR) is 223 cm³/mol. The molecule has 0 fully saturated rings. The van der Waals surface area contributed by atoms with Crippen molar-refractivity contribution in [2.24, 2.45) is 20.2 Å². The maximum absolute atomic E-state index is 10.8. The van der Waals surface area contributed by atoms with Gasteiger partial charge in [0.1, 0.15) is 17.8 Å². The van der Waals surface area contributed by atoms with Crippen LogP contribution in [0, 0.1) is 5.41 Å². The van der Waals surface area contributed by atoms with Gasteiger partial charge in [0.2, 0.25) is 0 Å². The van der Waals surface area contributed by atoms with Gasteiger partial charge in [0.15, 0.2) is 11.9 Å². The van der Waals surface area contributed by atoms with Crippen LogP contribution in [0.2, 0.25) is 34.1 Å². The molecule has 0 aliphatic carbocycles. The molecule has 0 saturated heterocycles. The van der Waals surface area contributed by atoms with Crippen molar-refractivity contribution < 1.29 is 34.7 Å². The molecule has 0 saturated carbocycles. The Morgan fingerprint density at radius 1 is 0.925 bits per heavy atom. The van der Waals surface area contributed by atoms with Crippen LogP contribution in [-0.4, -0.2) is 145 Å². The summed E-state index contributed by atoms with van der Waals surface area (Å²) in [6, 6.07) is 7.74.